The quantitative estimate of drug-likeness (QED) is 0.495. The average Bonchev–Trinajstić information content (AvgIpc) is 3.44. The summed E-state index contributed by atoms with van der Waals surface area (Å²) in [6.07, 6.45) is 4.10. The molecule has 1 saturated carbocycles. The third-order valence-corrected chi connectivity index (χ3v) is 7.97. The molecule has 2 aromatic carbocycles. The average molecular weight is 462 g/mol. The Balaban J connectivity index is 1.31. The smallest absolute Gasteiger partial charge is 0.261 e. The van der Waals surface area contributed by atoms with Crippen molar-refractivity contribution in [2.24, 2.45) is 11.1 Å². The monoisotopic (exact) mass is 461 g/mol. The van der Waals surface area contributed by atoms with Crippen LogP contribution in [0, 0.1) is 5.41 Å². The number of nitrogens with zero attached hydrogens (tertiary/aromatic N) is 2. The number of likely N-dealkylation sites (tertiary alicyclic amines) is 1. The molecule has 0 bridgehead atoms. The maximum atomic E-state index is 12.2. The SMILES string of the molecule is C=CC(O)N1CCC2(CC(c3nc(-c4ccc(Oc5ccccc5)cc4)c(C(N)=O)s3)C2)C1. The lowest BCUT2D eigenvalue weighted by atomic mass is 9.61. The van der Waals surface area contributed by atoms with E-state index in [0.717, 1.165) is 54.4 Å². The summed E-state index contributed by atoms with van der Waals surface area (Å²) in [6, 6.07) is 17.2. The molecule has 2 heterocycles. The number of aliphatic hydroxyl groups is 1. The normalized spacial score (nSPS) is 23.2. The third-order valence-electron chi connectivity index (χ3n) is 6.74. The Labute approximate surface area is 197 Å². The van der Waals surface area contributed by atoms with Crippen LogP contribution < -0.4 is 10.5 Å². The van der Waals surface area contributed by atoms with Crippen LogP contribution in [-0.4, -0.2) is 40.2 Å². The minimum atomic E-state index is -0.579. The third kappa shape index (κ3) is 4.31. The van der Waals surface area contributed by atoms with Crippen molar-refractivity contribution in [2.75, 3.05) is 13.1 Å². The summed E-state index contributed by atoms with van der Waals surface area (Å²) in [5.41, 5.74) is 7.42. The van der Waals surface area contributed by atoms with Crippen molar-refractivity contribution < 1.29 is 14.6 Å². The van der Waals surface area contributed by atoms with Crippen LogP contribution in [-0.2, 0) is 0 Å². The summed E-state index contributed by atoms with van der Waals surface area (Å²) < 4.78 is 5.87. The molecule has 33 heavy (non-hydrogen) atoms. The van der Waals surface area contributed by atoms with E-state index in [2.05, 4.69) is 11.5 Å². The number of rotatable bonds is 7. The van der Waals surface area contributed by atoms with Gasteiger partial charge in [-0.25, -0.2) is 4.98 Å². The van der Waals surface area contributed by atoms with Gasteiger partial charge in [0.05, 0.1) is 10.7 Å². The molecule has 170 valence electrons. The van der Waals surface area contributed by atoms with E-state index in [1.807, 2.05) is 54.6 Å². The van der Waals surface area contributed by atoms with Crippen LogP contribution in [0.3, 0.4) is 0 Å². The molecule has 2 aliphatic rings. The van der Waals surface area contributed by atoms with Gasteiger partial charge >= 0.3 is 0 Å². The predicted molar refractivity (Wildman–Crippen MR) is 129 cm³/mol. The van der Waals surface area contributed by atoms with Gasteiger partial charge in [-0.05, 0) is 67.2 Å². The molecule has 1 saturated heterocycles. The zero-order chi connectivity index (χ0) is 23.0. The standard InChI is InChI=1S/C26H27N3O3S/c1-2-21(30)29-13-12-26(16-29)14-18(15-26)25-28-22(23(33-25)24(27)31)17-8-10-20(11-9-17)32-19-6-4-3-5-7-19/h2-11,18,21,30H,1,12-16H2,(H2,27,31). The molecule has 1 aliphatic carbocycles. The number of ether oxygens (including phenoxy) is 1. The molecule has 1 aromatic heterocycles. The first-order chi connectivity index (χ1) is 16.0. The molecule has 1 unspecified atom stereocenters. The number of amides is 1. The lowest BCUT2D eigenvalue weighted by molar-refractivity contribution is 0.0324. The fourth-order valence-corrected chi connectivity index (χ4v) is 6.06. The van der Waals surface area contributed by atoms with E-state index in [9.17, 15) is 9.90 Å². The van der Waals surface area contributed by atoms with Crippen molar-refractivity contribution in [3.05, 3.63) is 77.1 Å². The number of nitrogens with two attached hydrogens (primary N) is 1. The first kappa shape index (κ1) is 21.8. The number of aliphatic hydroxyl groups excluding tert-OH is 1. The highest BCUT2D eigenvalue weighted by atomic mass is 32.1. The fourth-order valence-electron chi connectivity index (χ4n) is 5.02. The van der Waals surface area contributed by atoms with E-state index in [0.29, 0.717) is 16.5 Å². The van der Waals surface area contributed by atoms with Crippen LogP contribution in [0.2, 0.25) is 0 Å². The van der Waals surface area contributed by atoms with Crippen LogP contribution in [0.5, 0.6) is 11.5 Å². The Morgan fingerprint density at radius 3 is 2.58 bits per heavy atom. The number of benzene rings is 2. The van der Waals surface area contributed by atoms with Gasteiger partial charge in [-0.2, -0.15) is 0 Å². The Kier molecular flexibility index (Phi) is 5.78. The highest BCUT2D eigenvalue weighted by Crippen LogP contribution is 2.57. The van der Waals surface area contributed by atoms with E-state index >= 15 is 0 Å². The number of carbonyl (C=O) groups is 1. The molecular formula is C26H27N3O3S. The fraction of sp³-hybridized carbons (Fsp3) is 0.308. The Bertz CT molecular complexity index is 1150. The van der Waals surface area contributed by atoms with Crippen LogP contribution in [0.1, 0.15) is 39.9 Å². The molecule has 1 aliphatic heterocycles. The molecule has 3 aromatic rings. The van der Waals surface area contributed by atoms with Gasteiger partial charge in [0.25, 0.3) is 5.91 Å². The second kappa shape index (κ2) is 8.74. The van der Waals surface area contributed by atoms with Crippen molar-refractivity contribution in [2.45, 2.75) is 31.4 Å². The lowest BCUT2D eigenvalue weighted by Crippen LogP contribution is -2.40. The second-order valence-corrected chi connectivity index (χ2v) is 10.0. The van der Waals surface area contributed by atoms with Crippen molar-refractivity contribution in [3.8, 4) is 22.8 Å². The number of hydrogen-bond donors (Lipinski definition) is 2. The number of thiazole rings is 1. The Morgan fingerprint density at radius 1 is 1.21 bits per heavy atom. The molecule has 0 radical (unpaired) electrons. The van der Waals surface area contributed by atoms with Gasteiger partial charge in [-0.1, -0.05) is 24.8 Å². The molecule has 1 amide bonds. The van der Waals surface area contributed by atoms with Gasteiger partial charge in [0.15, 0.2) is 0 Å². The van der Waals surface area contributed by atoms with E-state index in [-0.39, 0.29) is 5.41 Å². The number of aromatic nitrogens is 1. The van der Waals surface area contributed by atoms with Gasteiger partial charge in [0.1, 0.15) is 22.6 Å². The maximum Gasteiger partial charge on any atom is 0.261 e. The molecular weight excluding hydrogens is 434 g/mol. The summed E-state index contributed by atoms with van der Waals surface area (Å²) >= 11 is 1.41. The summed E-state index contributed by atoms with van der Waals surface area (Å²) in [5.74, 6) is 1.36. The second-order valence-electron chi connectivity index (χ2n) is 9.01. The minimum absolute atomic E-state index is 0.226. The number of primary amides is 1. The van der Waals surface area contributed by atoms with Crippen molar-refractivity contribution in [3.63, 3.8) is 0 Å². The van der Waals surface area contributed by atoms with Gasteiger partial charge in [0, 0.05) is 24.6 Å². The predicted octanol–water partition coefficient (Wildman–Crippen LogP) is 4.78. The highest BCUT2D eigenvalue weighted by Gasteiger charge is 2.50. The molecule has 1 spiro atoms. The van der Waals surface area contributed by atoms with Gasteiger partial charge in [-0.15, -0.1) is 11.3 Å². The summed E-state index contributed by atoms with van der Waals surface area (Å²) in [7, 11) is 0. The first-order valence-electron chi connectivity index (χ1n) is 11.1. The van der Waals surface area contributed by atoms with Crippen molar-refractivity contribution in [1.82, 2.24) is 9.88 Å². The topological polar surface area (TPSA) is 88.7 Å². The maximum absolute atomic E-state index is 12.2. The van der Waals surface area contributed by atoms with Crippen molar-refractivity contribution >= 4 is 17.2 Å². The minimum Gasteiger partial charge on any atom is -0.457 e. The van der Waals surface area contributed by atoms with E-state index in [1.54, 1.807) is 6.08 Å². The molecule has 7 heteroatoms. The largest absolute Gasteiger partial charge is 0.457 e. The zero-order valence-corrected chi connectivity index (χ0v) is 19.1. The van der Waals surface area contributed by atoms with Crippen LogP contribution in [0.15, 0.2) is 67.3 Å². The summed E-state index contributed by atoms with van der Waals surface area (Å²) in [6.45, 7) is 5.45. The van der Waals surface area contributed by atoms with Crippen LogP contribution in [0.25, 0.3) is 11.3 Å². The van der Waals surface area contributed by atoms with E-state index < -0.39 is 12.1 Å². The lowest BCUT2D eigenvalue weighted by Gasteiger charge is -2.44. The summed E-state index contributed by atoms with van der Waals surface area (Å²) in [5, 5.41) is 11.0. The summed E-state index contributed by atoms with van der Waals surface area (Å²) in [4.78, 5) is 19.6. The van der Waals surface area contributed by atoms with E-state index in [1.165, 1.54) is 11.3 Å². The molecule has 3 N–H and O–H groups in total. The molecule has 5 rings (SSSR count). The van der Waals surface area contributed by atoms with Crippen molar-refractivity contribution in [1.29, 1.82) is 0 Å². The highest BCUT2D eigenvalue weighted by molar-refractivity contribution is 7.14. The zero-order valence-electron chi connectivity index (χ0n) is 18.3. The van der Waals surface area contributed by atoms with Crippen LogP contribution >= 0.6 is 11.3 Å². The molecule has 2 fully saturated rings. The van der Waals surface area contributed by atoms with Gasteiger partial charge in [-0.3, -0.25) is 9.69 Å². The van der Waals surface area contributed by atoms with Crippen LogP contribution in [0.4, 0.5) is 0 Å². The molecule has 6 nitrogen and oxygen atoms in total. The Morgan fingerprint density at radius 2 is 1.91 bits per heavy atom. The van der Waals surface area contributed by atoms with E-state index in [4.69, 9.17) is 15.5 Å². The number of carbonyl (C=O) groups excluding carboxylic acids is 1. The molecule has 1 atom stereocenters. The van der Waals surface area contributed by atoms with Gasteiger partial charge in [0.2, 0.25) is 0 Å². The number of para-hydroxylation sites is 1. The van der Waals surface area contributed by atoms with Gasteiger partial charge < -0.3 is 15.6 Å². The number of hydrogen-bond acceptors (Lipinski definition) is 6. The Hall–Kier alpha value is -3.00. The first-order valence-corrected chi connectivity index (χ1v) is 12.0.